The van der Waals surface area contributed by atoms with Crippen molar-refractivity contribution in [3.63, 3.8) is 0 Å². The number of nitrogens with zero attached hydrogens (tertiary/aromatic N) is 1. The minimum atomic E-state index is 0.993. The Morgan fingerprint density at radius 1 is 0.842 bits per heavy atom. The Bertz CT molecular complexity index is 843. The second kappa shape index (κ2) is 4.18. The van der Waals surface area contributed by atoms with E-state index in [1.54, 1.807) is 11.3 Å². The lowest BCUT2D eigenvalue weighted by Gasteiger charge is -1.99. The van der Waals surface area contributed by atoms with Crippen LogP contribution in [0, 0.1) is 6.20 Å². The molecule has 19 heavy (non-hydrogen) atoms. The van der Waals surface area contributed by atoms with Gasteiger partial charge in [-0.25, -0.2) is 4.98 Å². The zero-order valence-corrected chi connectivity index (χ0v) is 10.9. The largest absolute Gasteiger partial charge is 0.245 e. The molecule has 1 nitrogen and oxygen atoms in total. The van der Waals surface area contributed by atoms with Gasteiger partial charge in [-0.2, -0.15) is 0 Å². The van der Waals surface area contributed by atoms with Crippen LogP contribution in [-0.4, -0.2) is 4.98 Å². The predicted molar refractivity (Wildman–Crippen MR) is 81.4 cm³/mol. The van der Waals surface area contributed by atoms with Crippen LogP contribution in [0.25, 0.3) is 31.4 Å². The molecule has 0 spiro atoms. The smallest absolute Gasteiger partial charge is 0.0987 e. The van der Waals surface area contributed by atoms with Gasteiger partial charge in [0.1, 0.15) is 0 Å². The number of fused-ring (bicyclic) bond motifs is 2. The van der Waals surface area contributed by atoms with Crippen LogP contribution in [0.4, 0.5) is 0 Å². The average molecular weight is 260 g/mol. The van der Waals surface area contributed by atoms with Gasteiger partial charge in [-0.3, -0.25) is 0 Å². The molecule has 2 aromatic carbocycles. The van der Waals surface area contributed by atoms with Crippen molar-refractivity contribution in [3.05, 3.63) is 66.9 Å². The molecule has 4 rings (SSSR count). The summed E-state index contributed by atoms with van der Waals surface area (Å²) in [6.07, 6.45) is 3.15. The normalized spacial score (nSPS) is 11.2. The Morgan fingerprint density at radius 3 is 2.53 bits per heavy atom. The van der Waals surface area contributed by atoms with Gasteiger partial charge in [0.25, 0.3) is 0 Å². The molecule has 0 amide bonds. The third-order valence-corrected chi connectivity index (χ3v) is 4.37. The molecule has 2 heteroatoms. The van der Waals surface area contributed by atoms with Crippen molar-refractivity contribution in [1.82, 2.24) is 4.98 Å². The topological polar surface area (TPSA) is 12.9 Å². The first-order valence-corrected chi connectivity index (χ1v) is 6.98. The van der Waals surface area contributed by atoms with Crippen LogP contribution in [0.15, 0.2) is 60.7 Å². The highest BCUT2D eigenvalue weighted by atomic mass is 32.1. The first-order valence-electron chi connectivity index (χ1n) is 6.16. The number of pyridine rings is 1. The standard InChI is InChI=1S/C17H10NS/c1-3-7-15-12(5-1)9-14(11-18-15)17-10-13-6-2-4-8-16(13)19-17/h1-10H. The Labute approximate surface area is 115 Å². The molecule has 0 atom stereocenters. The number of hydrogen-bond acceptors (Lipinski definition) is 2. The Kier molecular flexibility index (Phi) is 2.35. The van der Waals surface area contributed by atoms with E-state index < -0.39 is 0 Å². The van der Waals surface area contributed by atoms with Gasteiger partial charge >= 0.3 is 0 Å². The van der Waals surface area contributed by atoms with Crippen molar-refractivity contribution in [2.24, 2.45) is 0 Å². The summed E-state index contributed by atoms with van der Waals surface area (Å²) >= 11 is 1.79. The lowest BCUT2D eigenvalue weighted by atomic mass is 10.1. The molecule has 0 aliphatic carbocycles. The second-order valence-electron chi connectivity index (χ2n) is 4.49. The van der Waals surface area contributed by atoms with Crippen molar-refractivity contribution >= 4 is 32.3 Å². The number of para-hydroxylation sites is 1. The van der Waals surface area contributed by atoms with E-state index in [9.17, 15) is 0 Å². The maximum absolute atomic E-state index is 4.41. The fraction of sp³-hybridized carbons (Fsp3) is 0. The molecule has 2 aromatic heterocycles. The average Bonchev–Trinajstić information content (AvgIpc) is 2.90. The fourth-order valence-electron chi connectivity index (χ4n) is 2.26. The fourth-order valence-corrected chi connectivity index (χ4v) is 3.29. The molecule has 0 saturated heterocycles. The van der Waals surface area contributed by atoms with Gasteiger partial charge in [-0.1, -0.05) is 36.4 Å². The molecule has 0 bridgehead atoms. The molecule has 0 fully saturated rings. The second-order valence-corrected chi connectivity index (χ2v) is 5.57. The number of rotatable bonds is 1. The Morgan fingerprint density at radius 2 is 1.63 bits per heavy atom. The summed E-state index contributed by atoms with van der Waals surface area (Å²) in [7, 11) is 0. The van der Waals surface area contributed by atoms with Gasteiger partial charge < -0.3 is 0 Å². The molecule has 4 aromatic rings. The minimum Gasteiger partial charge on any atom is -0.245 e. The van der Waals surface area contributed by atoms with Crippen molar-refractivity contribution in [2.75, 3.05) is 0 Å². The molecule has 1 radical (unpaired) electrons. The third kappa shape index (κ3) is 1.81. The minimum absolute atomic E-state index is 0.993. The van der Waals surface area contributed by atoms with Gasteiger partial charge in [-0.05, 0) is 29.7 Å². The molecule has 0 unspecified atom stereocenters. The van der Waals surface area contributed by atoms with Crippen LogP contribution < -0.4 is 0 Å². The van der Waals surface area contributed by atoms with Crippen molar-refractivity contribution in [3.8, 4) is 10.4 Å². The predicted octanol–water partition coefficient (Wildman–Crippen LogP) is 4.92. The quantitative estimate of drug-likeness (QED) is 0.473. The van der Waals surface area contributed by atoms with Crippen molar-refractivity contribution in [2.45, 2.75) is 0 Å². The maximum Gasteiger partial charge on any atom is 0.0987 e. The van der Waals surface area contributed by atoms with Crippen LogP contribution >= 0.6 is 11.3 Å². The number of hydrogen-bond donors (Lipinski definition) is 0. The van der Waals surface area contributed by atoms with Crippen LogP contribution in [0.5, 0.6) is 0 Å². The molecular formula is C17H10NS. The molecule has 0 saturated carbocycles. The number of thiophene rings is 1. The van der Waals surface area contributed by atoms with Crippen molar-refractivity contribution < 1.29 is 0 Å². The highest BCUT2D eigenvalue weighted by Gasteiger charge is 2.05. The van der Waals surface area contributed by atoms with Crippen molar-refractivity contribution in [1.29, 1.82) is 0 Å². The Balaban J connectivity index is 1.93. The Hall–Kier alpha value is -2.19. The summed E-state index contributed by atoms with van der Waals surface area (Å²) in [6.45, 7) is 0. The SMILES string of the molecule is [c]1nc2ccccc2cc1-c1cc2ccccc2s1. The van der Waals surface area contributed by atoms with Gasteiger partial charge in [0.05, 0.1) is 11.7 Å². The summed E-state index contributed by atoms with van der Waals surface area (Å²) in [6, 6.07) is 21.0. The zero-order chi connectivity index (χ0) is 12.7. The summed E-state index contributed by atoms with van der Waals surface area (Å²) < 4.78 is 1.30. The molecule has 0 aliphatic rings. The number of aromatic nitrogens is 1. The van der Waals surface area contributed by atoms with Crippen LogP contribution in [-0.2, 0) is 0 Å². The van der Waals surface area contributed by atoms with E-state index >= 15 is 0 Å². The van der Waals surface area contributed by atoms with Gasteiger partial charge in [0.2, 0.25) is 0 Å². The summed E-state index contributed by atoms with van der Waals surface area (Å²) in [5.41, 5.74) is 2.06. The molecule has 89 valence electrons. The zero-order valence-electron chi connectivity index (χ0n) is 10.1. The molecule has 2 heterocycles. The third-order valence-electron chi connectivity index (χ3n) is 3.22. The van der Waals surface area contributed by atoms with Crippen LogP contribution in [0.1, 0.15) is 0 Å². The summed E-state index contributed by atoms with van der Waals surface area (Å²) in [4.78, 5) is 5.63. The van der Waals surface area contributed by atoms with E-state index in [0.717, 1.165) is 16.5 Å². The first kappa shape index (κ1) is 10.7. The van der Waals surface area contributed by atoms with E-state index in [-0.39, 0.29) is 0 Å². The first-order chi connectivity index (χ1) is 9.40. The summed E-state index contributed by atoms with van der Waals surface area (Å²) in [5, 5.41) is 2.44. The lowest BCUT2D eigenvalue weighted by Crippen LogP contribution is -1.80. The highest BCUT2D eigenvalue weighted by Crippen LogP contribution is 2.33. The lowest BCUT2D eigenvalue weighted by molar-refractivity contribution is 1.40. The van der Waals surface area contributed by atoms with Gasteiger partial charge in [0, 0.05) is 20.5 Å². The van der Waals surface area contributed by atoms with E-state index in [0.29, 0.717) is 0 Å². The van der Waals surface area contributed by atoms with Gasteiger partial charge in [0.15, 0.2) is 0 Å². The molecule has 0 aliphatic heterocycles. The van der Waals surface area contributed by atoms with Crippen LogP contribution in [0.3, 0.4) is 0 Å². The highest BCUT2D eigenvalue weighted by molar-refractivity contribution is 7.22. The maximum atomic E-state index is 4.41. The van der Waals surface area contributed by atoms with E-state index in [1.165, 1.54) is 15.0 Å². The summed E-state index contributed by atoms with van der Waals surface area (Å²) in [5.74, 6) is 0. The molecular weight excluding hydrogens is 250 g/mol. The van der Waals surface area contributed by atoms with E-state index in [4.69, 9.17) is 0 Å². The van der Waals surface area contributed by atoms with Crippen LogP contribution in [0.2, 0.25) is 0 Å². The monoisotopic (exact) mass is 260 g/mol. The van der Waals surface area contributed by atoms with E-state index in [2.05, 4.69) is 53.6 Å². The molecule has 0 N–H and O–H groups in total. The number of benzene rings is 2. The van der Waals surface area contributed by atoms with Gasteiger partial charge in [-0.15, -0.1) is 11.3 Å². The van der Waals surface area contributed by atoms with E-state index in [1.807, 2.05) is 18.2 Å².